The molecule has 7 heteroatoms. The molecule has 3 rings (SSSR count). The Balaban J connectivity index is 1.85. The molecule has 2 heterocycles. The van der Waals surface area contributed by atoms with Crippen LogP contribution in [0.4, 0.5) is 5.69 Å². The number of anilines is 1. The molecule has 26 heavy (non-hydrogen) atoms. The van der Waals surface area contributed by atoms with Gasteiger partial charge in [-0.2, -0.15) is 5.10 Å². The number of fused-ring (bicyclic) bond motifs is 1. The van der Waals surface area contributed by atoms with Gasteiger partial charge < -0.3 is 9.73 Å². The number of hydrogen-bond donors (Lipinski definition) is 1. The topological polar surface area (TPSA) is 90.0 Å². The zero-order chi connectivity index (χ0) is 18.9. The highest BCUT2D eigenvalue weighted by Gasteiger charge is 2.21. The summed E-state index contributed by atoms with van der Waals surface area (Å²) in [7, 11) is 0. The van der Waals surface area contributed by atoms with Crippen molar-refractivity contribution in [2.24, 2.45) is 0 Å². The Morgan fingerprint density at radius 1 is 1.23 bits per heavy atom. The van der Waals surface area contributed by atoms with E-state index >= 15 is 0 Å². The molecule has 7 nitrogen and oxygen atoms in total. The highest BCUT2D eigenvalue weighted by Crippen LogP contribution is 2.27. The van der Waals surface area contributed by atoms with Crippen molar-refractivity contribution in [2.45, 2.75) is 46.1 Å². The third-order valence-electron chi connectivity index (χ3n) is 3.82. The second-order valence-electron chi connectivity index (χ2n) is 7.19. The highest BCUT2D eigenvalue weighted by molar-refractivity contribution is 6.03. The van der Waals surface area contributed by atoms with Gasteiger partial charge in [0.1, 0.15) is 11.2 Å². The maximum Gasteiger partial charge on any atom is 0.276 e. The van der Waals surface area contributed by atoms with Gasteiger partial charge in [-0.15, -0.1) is 0 Å². The summed E-state index contributed by atoms with van der Waals surface area (Å²) in [5.41, 5.74) is 1.71. The monoisotopic (exact) mass is 354 g/mol. The Morgan fingerprint density at radius 2 is 2.00 bits per heavy atom. The van der Waals surface area contributed by atoms with Crippen LogP contribution in [0, 0.1) is 0 Å². The largest absolute Gasteiger partial charge is 0.440 e. The van der Waals surface area contributed by atoms with E-state index in [1.165, 1.54) is 16.8 Å². The minimum absolute atomic E-state index is 0.189. The number of nitrogens with one attached hydrogen (secondary N) is 1. The van der Waals surface area contributed by atoms with Crippen molar-refractivity contribution < 1.29 is 9.21 Å². The van der Waals surface area contributed by atoms with Crippen molar-refractivity contribution in [2.75, 3.05) is 5.32 Å². The molecule has 0 bridgehead atoms. The summed E-state index contributed by atoms with van der Waals surface area (Å²) in [4.78, 5) is 28.7. The molecule has 0 fully saturated rings. The molecule has 0 aliphatic heterocycles. The van der Waals surface area contributed by atoms with Crippen LogP contribution in [0.3, 0.4) is 0 Å². The first kappa shape index (κ1) is 17.8. The second kappa shape index (κ2) is 6.74. The number of carbonyl (C=O) groups is 1. The molecule has 136 valence electrons. The van der Waals surface area contributed by atoms with E-state index in [0.29, 0.717) is 29.2 Å². The molecule has 0 atom stereocenters. The van der Waals surface area contributed by atoms with E-state index in [4.69, 9.17) is 4.42 Å². The number of carbonyl (C=O) groups excluding carboxylic acids is 1. The number of rotatable bonds is 4. The van der Waals surface area contributed by atoms with Crippen LogP contribution in [-0.4, -0.2) is 20.7 Å². The fourth-order valence-electron chi connectivity index (χ4n) is 2.46. The summed E-state index contributed by atoms with van der Waals surface area (Å²) >= 11 is 0. The summed E-state index contributed by atoms with van der Waals surface area (Å²) in [5.74, 6) is 0.262. The maximum atomic E-state index is 12.4. The fourth-order valence-corrected chi connectivity index (χ4v) is 2.46. The van der Waals surface area contributed by atoms with Crippen LogP contribution < -0.4 is 10.9 Å². The quantitative estimate of drug-likeness (QED) is 0.776. The normalized spacial score (nSPS) is 11.7. The summed E-state index contributed by atoms with van der Waals surface area (Å²) in [5, 5.41) is 6.90. The van der Waals surface area contributed by atoms with Crippen molar-refractivity contribution in [1.82, 2.24) is 14.8 Å². The van der Waals surface area contributed by atoms with E-state index in [1.807, 2.05) is 27.7 Å². The van der Waals surface area contributed by atoms with Gasteiger partial charge in [0, 0.05) is 23.7 Å². The molecule has 1 N–H and O–H groups in total. The van der Waals surface area contributed by atoms with Gasteiger partial charge in [-0.25, -0.2) is 9.67 Å². The Bertz CT molecular complexity index is 1010. The molecule has 1 amide bonds. The number of nitrogens with zero attached hydrogens (tertiary/aromatic N) is 3. The average molecular weight is 354 g/mol. The fraction of sp³-hybridized carbons (Fsp3) is 0.368. The Morgan fingerprint density at radius 3 is 2.69 bits per heavy atom. The van der Waals surface area contributed by atoms with Gasteiger partial charge in [-0.05, 0) is 30.7 Å². The Kier molecular flexibility index (Phi) is 4.63. The molecule has 0 unspecified atom stereocenters. The van der Waals surface area contributed by atoms with Crippen LogP contribution in [0.5, 0.6) is 0 Å². The van der Waals surface area contributed by atoms with E-state index in [0.717, 1.165) is 6.42 Å². The molecule has 1 aromatic carbocycles. The van der Waals surface area contributed by atoms with Crippen molar-refractivity contribution in [1.29, 1.82) is 0 Å². The van der Waals surface area contributed by atoms with Crippen molar-refractivity contribution in [3.63, 3.8) is 0 Å². The first-order valence-electron chi connectivity index (χ1n) is 8.58. The van der Waals surface area contributed by atoms with Crippen LogP contribution in [0.25, 0.3) is 11.1 Å². The molecule has 0 radical (unpaired) electrons. The molecular weight excluding hydrogens is 332 g/mol. The summed E-state index contributed by atoms with van der Waals surface area (Å²) in [6.07, 6.45) is 0.761. The lowest BCUT2D eigenvalue weighted by molar-refractivity contribution is 0.102. The first-order valence-corrected chi connectivity index (χ1v) is 8.58. The van der Waals surface area contributed by atoms with Crippen molar-refractivity contribution in [3.05, 3.63) is 52.3 Å². The van der Waals surface area contributed by atoms with Crippen molar-refractivity contribution in [3.8, 4) is 0 Å². The predicted molar refractivity (Wildman–Crippen MR) is 99.5 cm³/mol. The van der Waals surface area contributed by atoms with Crippen LogP contribution in [0.1, 0.15) is 50.5 Å². The SMILES string of the molecule is CCCn1nc(C(=O)Nc2ccc3oc(C(C)(C)C)nc3c2)ccc1=O. The number of benzene rings is 1. The first-order chi connectivity index (χ1) is 12.3. The Labute approximate surface area is 151 Å². The van der Waals surface area contributed by atoms with E-state index < -0.39 is 0 Å². The third kappa shape index (κ3) is 3.66. The lowest BCUT2D eigenvalue weighted by atomic mass is 9.97. The predicted octanol–water partition coefficient (Wildman–Crippen LogP) is 3.34. The number of aromatic nitrogens is 3. The van der Waals surface area contributed by atoms with Crippen LogP contribution >= 0.6 is 0 Å². The lowest BCUT2D eigenvalue weighted by Gasteiger charge is -2.11. The van der Waals surface area contributed by atoms with Gasteiger partial charge in [0.2, 0.25) is 5.89 Å². The number of aryl methyl sites for hydroxylation is 1. The number of hydrogen-bond acceptors (Lipinski definition) is 5. The van der Waals surface area contributed by atoms with Gasteiger partial charge >= 0.3 is 0 Å². The molecule has 0 saturated carbocycles. The average Bonchev–Trinajstić information content (AvgIpc) is 3.00. The second-order valence-corrected chi connectivity index (χ2v) is 7.19. The molecule has 3 aromatic rings. The number of oxazole rings is 1. The molecule has 0 spiro atoms. The van der Waals surface area contributed by atoms with Gasteiger partial charge in [0.15, 0.2) is 5.58 Å². The van der Waals surface area contributed by atoms with Gasteiger partial charge in [-0.1, -0.05) is 27.7 Å². The standard InChI is InChI=1S/C19H22N4O3/c1-5-10-23-16(24)9-7-13(22-23)17(25)20-12-6-8-15-14(11-12)21-18(26-15)19(2,3)4/h6-9,11H,5,10H2,1-4H3,(H,20,25). The summed E-state index contributed by atoms with van der Waals surface area (Å²) in [6, 6.07) is 8.07. The summed E-state index contributed by atoms with van der Waals surface area (Å²) in [6.45, 7) is 8.49. The minimum atomic E-state index is -0.381. The maximum absolute atomic E-state index is 12.4. The molecule has 0 aliphatic rings. The van der Waals surface area contributed by atoms with E-state index in [1.54, 1.807) is 18.2 Å². The molecular formula is C19H22N4O3. The van der Waals surface area contributed by atoms with Gasteiger partial charge in [-0.3, -0.25) is 9.59 Å². The zero-order valence-corrected chi connectivity index (χ0v) is 15.4. The van der Waals surface area contributed by atoms with E-state index in [2.05, 4.69) is 15.4 Å². The van der Waals surface area contributed by atoms with Crippen molar-refractivity contribution >= 4 is 22.7 Å². The van der Waals surface area contributed by atoms with Gasteiger partial charge in [0.05, 0.1) is 0 Å². The minimum Gasteiger partial charge on any atom is -0.440 e. The third-order valence-corrected chi connectivity index (χ3v) is 3.82. The zero-order valence-electron chi connectivity index (χ0n) is 15.4. The van der Waals surface area contributed by atoms with Crippen LogP contribution in [0.15, 0.2) is 39.5 Å². The molecule has 2 aromatic heterocycles. The molecule has 0 saturated heterocycles. The van der Waals surface area contributed by atoms with Gasteiger partial charge in [0.25, 0.3) is 11.5 Å². The summed E-state index contributed by atoms with van der Waals surface area (Å²) < 4.78 is 7.06. The smallest absolute Gasteiger partial charge is 0.276 e. The number of amides is 1. The van der Waals surface area contributed by atoms with Crippen LogP contribution in [0.2, 0.25) is 0 Å². The van der Waals surface area contributed by atoms with Crippen LogP contribution in [-0.2, 0) is 12.0 Å². The molecule has 0 aliphatic carbocycles. The lowest BCUT2D eigenvalue weighted by Crippen LogP contribution is -2.26. The highest BCUT2D eigenvalue weighted by atomic mass is 16.3. The van der Waals surface area contributed by atoms with E-state index in [9.17, 15) is 9.59 Å². The Hall–Kier alpha value is -2.96. The van der Waals surface area contributed by atoms with E-state index in [-0.39, 0.29) is 22.6 Å².